The Labute approximate surface area is 104 Å². The van der Waals surface area contributed by atoms with Crippen LogP contribution in [-0.4, -0.2) is 35.0 Å². The molecule has 6 heteroatoms. The fourth-order valence-electron chi connectivity index (χ4n) is 1.20. The van der Waals surface area contributed by atoms with Crippen molar-refractivity contribution < 1.29 is 4.74 Å². The van der Waals surface area contributed by atoms with Gasteiger partial charge in [-0.05, 0) is 6.42 Å². The van der Waals surface area contributed by atoms with Gasteiger partial charge in [0, 0.05) is 6.54 Å². The van der Waals surface area contributed by atoms with Gasteiger partial charge in [-0.25, -0.2) is 9.97 Å². The minimum absolute atomic E-state index is 0.478. The lowest BCUT2D eigenvalue weighted by Crippen LogP contribution is -2.30. The highest BCUT2D eigenvalue weighted by atomic mass is 35.5. The molecule has 0 radical (unpaired) electrons. The van der Waals surface area contributed by atoms with Crippen LogP contribution in [0.2, 0.25) is 5.02 Å². The SMILES string of the molecule is CCCNc1ncc(Cl)c(SC2COC2)n1. The van der Waals surface area contributed by atoms with E-state index in [2.05, 4.69) is 22.2 Å². The molecule has 0 saturated carbocycles. The summed E-state index contributed by atoms with van der Waals surface area (Å²) in [6, 6.07) is 0. The summed E-state index contributed by atoms with van der Waals surface area (Å²) in [5, 5.41) is 5.07. The first-order valence-electron chi connectivity index (χ1n) is 5.30. The van der Waals surface area contributed by atoms with E-state index in [0.717, 1.165) is 31.2 Å². The van der Waals surface area contributed by atoms with Crippen molar-refractivity contribution in [2.24, 2.45) is 0 Å². The molecule has 1 aliphatic rings. The van der Waals surface area contributed by atoms with Crippen LogP contribution in [0.15, 0.2) is 11.2 Å². The summed E-state index contributed by atoms with van der Waals surface area (Å²) in [7, 11) is 0. The van der Waals surface area contributed by atoms with Gasteiger partial charge in [0.05, 0.1) is 29.7 Å². The Morgan fingerprint density at radius 2 is 2.44 bits per heavy atom. The van der Waals surface area contributed by atoms with Crippen LogP contribution in [0.3, 0.4) is 0 Å². The second-order valence-corrected chi connectivity index (χ2v) is 5.25. The first-order chi connectivity index (χ1) is 7.79. The number of halogens is 1. The summed E-state index contributed by atoms with van der Waals surface area (Å²) in [5.74, 6) is 0.647. The molecule has 0 spiro atoms. The molecule has 1 saturated heterocycles. The van der Waals surface area contributed by atoms with Crippen LogP contribution in [0.25, 0.3) is 0 Å². The summed E-state index contributed by atoms with van der Waals surface area (Å²) < 4.78 is 5.12. The second kappa shape index (κ2) is 5.70. The molecule has 16 heavy (non-hydrogen) atoms. The molecule has 0 aliphatic carbocycles. The molecule has 0 unspecified atom stereocenters. The summed E-state index contributed by atoms with van der Waals surface area (Å²) >= 11 is 7.70. The van der Waals surface area contributed by atoms with Crippen molar-refractivity contribution in [1.29, 1.82) is 0 Å². The highest BCUT2D eigenvalue weighted by Gasteiger charge is 2.21. The van der Waals surface area contributed by atoms with Crippen molar-refractivity contribution in [2.75, 3.05) is 25.1 Å². The van der Waals surface area contributed by atoms with Gasteiger partial charge >= 0.3 is 0 Å². The first-order valence-corrected chi connectivity index (χ1v) is 6.56. The van der Waals surface area contributed by atoms with Crippen molar-refractivity contribution in [3.8, 4) is 0 Å². The van der Waals surface area contributed by atoms with Crippen molar-refractivity contribution >= 4 is 29.3 Å². The van der Waals surface area contributed by atoms with Gasteiger partial charge in [-0.2, -0.15) is 0 Å². The van der Waals surface area contributed by atoms with E-state index in [-0.39, 0.29) is 0 Å². The molecule has 0 amide bonds. The Morgan fingerprint density at radius 1 is 1.62 bits per heavy atom. The second-order valence-electron chi connectivity index (χ2n) is 3.55. The maximum absolute atomic E-state index is 6.04. The number of nitrogens with zero attached hydrogens (tertiary/aromatic N) is 2. The molecule has 0 atom stereocenters. The lowest BCUT2D eigenvalue weighted by Gasteiger charge is -2.24. The van der Waals surface area contributed by atoms with E-state index >= 15 is 0 Å². The zero-order valence-corrected chi connectivity index (χ0v) is 10.6. The molecule has 0 bridgehead atoms. The molecule has 1 aromatic rings. The zero-order chi connectivity index (χ0) is 11.4. The molecular formula is C10H14ClN3OS. The summed E-state index contributed by atoms with van der Waals surface area (Å²) in [4.78, 5) is 8.51. The van der Waals surface area contributed by atoms with Gasteiger partial charge in [0.15, 0.2) is 0 Å². The number of aromatic nitrogens is 2. The van der Waals surface area contributed by atoms with Gasteiger partial charge in [-0.1, -0.05) is 30.3 Å². The largest absolute Gasteiger partial charge is 0.379 e. The van der Waals surface area contributed by atoms with E-state index in [1.165, 1.54) is 0 Å². The third-order valence-electron chi connectivity index (χ3n) is 2.13. The molecule has 2 rings (SSSR count). The van der Waals surface area contributed by atoms with E-state index in [4.69, 9.17) is 16.3 Å². The normalized spacial score (nSPS) is 15.9. The van der Waals surface area contributed by atoms with Crippen LogP contribution < -0.4 is 5.32 Å². The Hall–Kier alpha value is -0.520. The topological polar surface area (TPSA) is 47.0 Å². The molecule has 1 aromatic heterocycles. The number of hydrogen-bond acceptors (Lipinski definition) is 5. The minimum Gasteiger partial charge on any atom is -0.379 e. The predicted molar refractivity (Wildman–Crippen MR) is 66.3 cm³/mol. The molecule has 4 nitrogen and oxygen atoms in total. The zero-order valence-electron chi connectivity index (χ0n) is 9.07. The van der Waals surface area contributed by atoms with Gasteiger partial charge in [0.2, 0.25) is 5.95 Å². The van der Waals surface area contributed by atoms with Crippen LogP contribution in [0.1, 0.15) is 13.3 Å². The van der Waals surface area contributed by atoms with E-state index in [9.17, 15) is 0 Å². The molecule has 1 fully saturated rings. The van der Waals surface area contributed by atoms with Crippen molar-refractivity contribution in [3.05, 3.63) is 11.2 Å². The van der Waals surface area contributed by atoms with Gasteiger partial charge in [0.25, 0.3) is 0 Å². The molecule has 2 heterocycles. The van der Waals surface area contributed by atoms with Gasteiger partial charge in [-0.3, -0.25) is 0 Å². The number of hydrogen-bond donors (Lipinski definition) is 1. The monoisotopic (exact) mass is 259 g/mol. The maximum atomic E-state index is 6.04. The first kappa shape index (κ1) is 12.0. The van der Waals surface area contributed by atoms with Crippen LogP contribution in [0, 0.1) is 0 Å². The predicted octanol–water partition coefficient (Wildman–Crippen LogP) is 2.44. The lowest BCUT2D eigenvalue weighted by atomic mass is 10.4. The Morgan fingerprint density at radius 3 is 3.06 bits per heavy atom. The number of ether oxygens (including phenoxy) is 1. The number of anilines is 1. The van der Waals surface area contributed by atoms with Crippen LogP contribution >= 0.6 is 23.4 Å². The highest BCUT2D eigenvalue weighted by molar-refractivity contribution is 8.00. The third-order valence-corrected chi connectivity index (χ3v) is 3.66. The maximum Gasteiger partial charge on any atom is 0.223 e. The molecule has 1 aliphatic heterocycles. The molecular weight excluding hydrogens is 246 g/mol. The van der Waals surface area contributed by atoms with Gasteiger partial charge < -0.3 is 10.1 Å². The fraction of sp³-hybridized carbons (Fsp3) is 0.600. The standard InChI is InChI=1S/C10H14ClN3OS/c1-2-3-12-10-13-4-8(11)9(14-10)16-7-5-15-6-7/h4,7H,2-3,5-6H2,1H3,(H,12,13,14). The summed E-state index contributed by atoms with van der Waals surface area (Å²) in [5.41, 5.74) is 0. The number of nitrogens with one attached hydrogen (secondary N) is 1. The van der Waals surface area contributed by atoms with E-state index in [1.807, 2.05) is 0 Å². The van der Waals surface area contributed by atoms with Gasteiger partial charge in [0.1, 0.15) is 5.03 Å². The molecule has 0 aromatic carbocycles. The average Bonchev–Trinajstić information content (AvgIpc) is 2.23. The van der Waals surface area contributed by atoms with E-state index in [1.54, 1.807) is 18.0 Å². The third kappa shape index (κ3) is 2.99. The van der Waals surface area contributed by atoms with Crippen LogP contribution in [0.4, 0.5) is 5.95 Å². The smallest absolute Gasteiger partial charge is 0.223 e. The van der Waals surface area contributed by atoms with Crippen LogP contribution in [0.5, 0.6) is 0 Å². The summed E-state index contributed by atoms with van der Waals surface area (Å²) in [6.45, 7) is 4.54. The Kier molecular flexibility index (Phi) is 4.26. The fourth-order valence-corrected chi connectivity index (χ4v) is 2.37. The van der Waals surface area contributed by atoms with Crippen LogP contribution in [-0.2, 0) is 4.74 Å². The minimum atomic E-state index is 0.478. The van der Waals surface area contributed by atoms with E-state index < -0.39 is 0 Å². The lowest BCUT2D eigenvalue weighted by molar-refractivity contribution is 0.0455. The van der Waals surface area contributed by atoms with Gasteiger partial charge in [-0.15, -0.1) is 0 Å². The number of thioether (sulfide) groups is 1. The average molecular weight is 260 g/mol. The quantitative estimate of drug-likeness (QED) is 0.823. The molecule has 1 N–H and O–H groups in total. The number of rotatable bonds is 5. The Bertz CT molecular complexity index is 360. The molecule has 88 valence electrons. The summed E-state index contributed by atoms with van der Waals surface area (Å²) in [6.07, 6.45) is 2.69. The van der Waals surface area contributed by atoms with Crippen molar-refractivity contribution in [3.63, 3.8) is 0 Å². The highest BCUT2D eigenvalue weighted by Crippen LogP contribution is 2.31. The van der Waals surface area contributed by atoms with E-state index in [0.29, 0.717) is 16.2 Å². The van der Waals surface area contributed by atoms with Crippen molar-refractivity contribution in [2.45, 2.75) is 23.6 Å². The van der Waals surface area contributed by atoms with Crippen molar-refractivity contribution in [1.82, 2.24) is 9.97 Å². The Balaban J connectivity index is 2.02.